The molecular weight excluding hydrogens is 286 g/mol. The van der Waals surface area contributed by atoms with Crippen LogP contribution >= 0.6 is 34.3 Å². The Morgan fingerprint density at radius 3 is 2.78 bits per heavy atom. The molecule has 0 spiro atoms. The first-order valence-electron chi connectivity index (χ1n) is 5.71. The molecule has 0 aromatic carbocycles. The van der Waals surface area contributed by atoms with Crippen LogP contribution in [0.2, 0.25) is 0 Å². The molecule has 0 fully saturated rings. The third-order valence-electron chi connectivity index (χ3n) is 2.96. The van der Waals surface area contributed by atoms with Gasteiger partial charge in [-0.25, -0.2) is 9.97 Å². The molecule has 0 saturated heterocycles. The van der Waals surface area contributed by atoms with E-state index in [4.69, 9.17) is 11.6 Å². The normalized spacial score (nSPS) is 13.2. The maximum Gasteiger partial charge on any atom is 0.110 e. The van der Waals surface area contributed by atoms with Gasteiger partial charge in [-0.1, -0.05) is 0 Å². The Hall–Kier alpha value is -0.490. The molecule has 1 unspecified atom stereocenters. The highest BCUT2D eigenvalue weighted by molar-refractivity contribution is 7.10. The fourth-order valence-electron chi connectivity index (χ4n) is 1.61. The number of halogens is 1. The largest absolute Gasteiger partial charge is 0.292 e. The highest BCUT2D eigenvalue weighted by atomic mass is 35.5. The number of aromatic nitrogens is 2. The van der Waals surface area contributed by atoms with Crippen LogP contribution < -0.4 is 0 Å². The van der Waals surface area contributed by atoms with Crippen molar-refractivity contribution in [2.75, 3.05) is 7.05 Å². The van der Waals surface area contributed by atoms with Crippen molar-refractivity contribution in [3.63, 3.8) is 0 Å². The van der Waals surface area contributed by atoms with Gasteiger partial charge in [0.25, 0.3) is 0 Å². The Morgan fingerprint density at radius 1 is 1.44 bits per heavy atom. The van der Waals surface area contributed by atoms with Gasteiger partial charge in [0, 0.05) is 16.8 Å². The predicted octanol–water partition coefficient (Wildman–Crippen LogP) is 3.84. The molecule has 0 aliphatic carbocycles. The SMILES string of the molecule is Cc1ncsc1CN(C)C(C)c1nc(CCl)cs1. The summed E-state index contributed by atoms with van der Waals surface area (Å²) in [6.07, 6.45) is 0. The Bertz CT molecular complexity index is 509. The number of alkyl halides is 1. The zero-order valence-corrected chi connectivity index (χ0v) is 13.1. The lowest BCUT2D eigenvalue weighted by atomic mass is 10.3. The summed E-state index contributed by atoms with van der Waals surface area (Å²) < 4.78 is 0. The second-order valence-corrected chi connectivity index (χ2v) is 6.36. The standard InChI is InChI=1S/C12H16ClN3S2/c1-8-11(18-7-14-8)5-16(3)9(2)12-15-10(4-13)6-17-12/h6-7,9H,4-5H2,1-3H3. The number of aryl methyl sites for hydroxylation is 1. The van der Waals surface area contributed by atoms with Gasteiger partial charge in [0.05, 0.1) is 28.8 Å². The summed E-state index contributed by atoms with van der Waals surface area (Å²) in [5.74, 6) is 0.487. The van der Waals surface area contributed by atoms with E-state index in [1.165, 1.54) is 4.88 Å². The van der Waals surface area contributed by atoms with Gasteiger partial charge in [-0.05, 0) is 20.9 Å². The molecule has 0 amide bonds. The molecule has 1 atom stereocenters. The first-order valence-corrected chi connectivity index (χ1v) is 8.00. The number of hydrogen-bond donors (Lipinski definition) is 0. The van der Waals surface area contributed by atoms with Gasteiger partial charge in [-0.2, -0.15) is 0 Å². The summed E-state index contributed by atoms with van der Waals surface area (Å²) in [5.41, 5.74) is 3.99. The van der Waals surface area contributed by atoms with Crippen LogP contribution in [0.4, 0.5) is 0 Å². The Morgan fingerprint density at radius 2 is 2.22 bits per heavy atom. The zero-order chi connectivity index (χ0) is 13.1. The van der Waals surface area contributed by atoms with Crippen molar-refractivity contribution in [2.24, 2.45) is 0 Å². The fourth-order valence-corrected chi connectivity index (χ4v) is 3.61. The fraction of sp³-hybridized carbons (Fsp3) is 0.500. The summed E-state index contributed by atoms with van der Waals surface area (Å²) >= 11 is 9.17. The second-order valence-electron chi connectivity index (χ2n) is 4.26. The van der Waals surface area contributed by atoms with E-state index in [9.17, 15) is 0 Å². The highest BCUT2D eigenvalue weighted by Gasteiger charge is 2.17. The lowest BCUT2D eigenvalue weighted by Crippen LogP contribution is -2.21. The van der Waals surface area contributed by atoms with E-state index < -0.39 is 0 Å². The minimum atomic E-state index is 0.300. The van der Waals surface area contributed by atoms with Gasteiger partial charge in [-0.3, -0.25) is 4.90 Å². The van der Waals surface area contributed by atoms with Gasteiger partial charge < -0.3 is 0 Å². The number of rotatable bonds is 5. The molecule has 2 rings (SSSR count). The summed E-state index contributed by atoms with van der Waals surface area (Å²) in [6, 6.07) is 0.300. The molecule has 0 bridgehead atoms. The van der Waals surface area contributed by atoms with Crippen molar-refractivity contribution in [1.82, 2.24) is 14.9 Å². The van der Waals surface area contributed by atoms with Gasteiger partial charge in [0.1, 0.15) is 5.01 Å². The average molecular weight is 302 g/mol. The van der Waals surface area contributed by atoms with E-state index in [-0.39, 0.29) is 0 Å². The summed E-state index contributed by atoms with van der Waals surface area (Å²) in [5, 5.41) is 3.15. The second kappa shape index (κ2) is 6.10. The molecule has 2 heterocycles. The number of nitrogens with zero attached hydrogens (tertiary/aromatic N) is 3. The minimum Gasteiger partial charge on any atom is -0.292 e. The van der Waals surface area contributed by atoms with Gasteiger partial charge in [0.15, 0.2) is 0 Å². The van der Waals surface area contributed by atoms with Gasteiger partial charge >= 0.3 is 0 Å². The highest BCUT2D eigenvalue weighted by Crippen LogP contribution is 2.26. The van der Waals surface area contributed by atoms with E-state index in [1.807, 2.05) is 10.9 Å². The van der Waals surface area contributed by atoms with Crippen molar-refractivity contribution in [3.05, 3.63) is 32.2 Å². The molecule has 2 aromatic heterocycles. The van der Waals surface area contributed by atoms with E-state index in [1.54, 1.807) is 22.7 Å². The Kier molecular flexibility index (Phi) is 4.72. The maximum absolute atomic E-state index is 5.78. The van der Waals surface area contributed by atoms with E-state index in [2.05, 4.69) is 35.8 Å². The molecule has 98 valence electrons. The minimum absolute atomic E-state index is 0.300. The van der Waals surface area contributed by atoms with Crippen molar-refractivity contribution in [3.8, 4) is 0 Å². The predicted molar refractivity (Wildman–Crippen MR) is 78.4 cm³/mol. The molecule has 0 radical (unpaired) electrons. The van der Waals surface area contributed by atoms with Crippen molar-refractivity contribution in [2.45, 2.75) is 32.3 Å². The molecule has 2 aromatic rings. The number of thiazole rings is 2. The van der Waals surface area contributed by atoms with Crippen LogP contribution in [0.1, 0.15) is 34.2 Å². The average Bonchev–Trinajstić information content (AvgIpc) is 2.98. The van der Waals surface area contributed by atoms with Crippen LogP contribution in [0, 0.1) is 6.92 Å². The summed E-state index contributed by atoms with van der Waals surface area (Å²) in [6.45, 7) is 5.14. The first-order chi connectivity index (χ1) is 8.61. The number of hydrogen-bond acceptors (Lipinski definition) is 5. The maximum atomic E-state index is 5.78. The molecule has 18 heavy (non-hydrogen) atoms. The quantitative estimate of drug-likeness (QED) is 0.786. The van der Waals surface area contributed by atoms with Crippen molar-refractivity contribution in [1.29, 1.82) is 0 Å². The van der Waals surface area contributed by atoms with Gasteiger partial charge in [-0.15, -0.1) is 34.3 Å². The van der Waals surface area contributed by atoms with Crippen molar-refractivity contribution < 1.29 is 0 Å². The molecular formula is C12H16ClN3S2. The molecule has 0 saturated carbocycles. The van der Waals surface area contributed by atoms with Crippen LogP contribution in [0.3, 0.4) is 0 Å². The third-order valence-corrected chi connectivity index (χ3v) is 5.22. The van der Waals surface area contributed by atoms with E-state index in [0.29, 0.717) is 11.9 Å². The van der Waals surface area contributed by atoms with Crippen LogP contribution in [-0.4, -0.2) is 21.9 Å². The first kappa shape index (κ1) is 13.9. The summed E-state index contributed by atoms with van der Waals surface area (Å²) in [7, 11) is 2.12. The zero-order valence-electron chi connectivity index (χ0n) is 10.7. The van der Waals surface area contributed by atoms with Crippen LogP contribution in [0.15, 0.2) is 10.9 Å². The summed E-state index contributed by atoms with van der Waals surface area (Å²) in [4.78, 5) is 12.4. The van der Waals surface area contributed by atoms with E-state index in [0.717, 1.165) is 22.9 Å². The van der Waals surface area contributed by atoms with E-state index >= 15 is 0 Å². The Balaban J connectivity index is 2.04. The van der Waals surface area contributed by atoms with Crippen LogP contribution in [0.25, 0.3) is 0 Å². The molecule has 0 N–H and O–H groups in total. The molecule has 6 heteroatoms. The topological polar surface area (TPSA) is 29.0 Å². The lowest BCUT2D eigenvalue weighted by Gasteiger charge is -2.22. The molecule has 3 nitrogen and oxygen atoms in total. The van der Waals surface area contributed by atoms with Gasteiger partial charge in [0.2, 0.25) is 0 Å². The molecule has 0 aliphatic heterocycles. The lowest BCUT2D eigenvalue weighted by molar-refractivity contribution is 0.254. The molecule has 0 aliphatic rings. The Labute approximate surface area is 120 Å². The smallest absolute Gasteiger partial charge is 0.110 e. The van der Waals surface area contributed by atoms with Crippen LogP contribution in [0.5, 0.6) is 0 Å². The van der Waals surface area contributed by atoms with Crippen molar-refractivity contribution >= 4 is 34.3 Å². The third kappa shape index (κ3) is 3.09. The van der Waals surface area contributed by atoms with Crippen LogP contribution in [-0.2, 0) is 12.4 Å². The monoisotopic (exact) mass is 301 g/mol.